The van der Waals surface area contributed by atoms with Crippen LogP contribution in [-0.4, -0.2) is 18.1 Å². The van der Waals surface area contributed by atoms with Crippen LogP contribution in [0.4, 0.5) is 0 Å². The van der Waals surface area contributed by atoms with Crippen LogP contribution in [0.25, 0.3) is 0 Å². The number of hydrogen-bond donors (Lipinski definition) is 1. The Kier molecular flexibility index (Phi) is 5.79. The maximum atomic E-state index is 4.36. The molecule has 0 spiro atoms. The van der Waals surface area contributed by atoms with Crippen molar-refractivity contribution in [1.82, 2.24) is 10.3 Å². The van der Waals surface area contributed by atoms with Gasteiger partial charge in [0.1, 0.15) is 0 Å². The molecule has 2 nitrogen and oxygen atoms in total. The highest BCUT2D eigenvalue weighted by Crippen LogP contribution is 2.19. The number of nitrogens with zero attached hydrogens (tertiary/aromatic N) is 1. The molecule has 0 aromatic carbocycles. The molecular weight excluding hydrogens is 320 g/mol. The Morgan fingerprint density at radius 3 is 2.73 bits per heavy atom. The molecule has 0 aliphatic carbocycles. The number of rotatable bonds is 5. The number of pyridine rings is 1. The highest BCUT2D eigenvalue weighted by molar-refractivity contribution is 9.11. The van der Waals surface area contributed by atoms with Crippen LogP contribution >= 0.6 is 31.9 Å². The predicted molar refractivity (Wildman–Crippen MR) is 71.0 cm³/mol. The first kappa shape index (κ1) is 13.1. The Morgan fingerprint density at radius 2 is 2.13 bits per heavy atom. The van der Waals surface area contributed by atoms with Gasteiger partial charge in [-0.1, -0.05) is 13.8 Å². The Hall–Kier alpha value is 0.0700. The van der Waals surface area contributed by atoms with Gasteiger partial charge in [-0.2, -0.15) is 0 Å². The highest BCUT2D eigenvalue weighted by Gasteiger charge is 2.02. The molecule has 1 heterocycles. The van der Waals surface area contributed by atoms with Gasteiger partial charge in [0, 0.05) is 28.1 Å². The lowest BCUT2D eigenvalue weighted by molar-refractivity contribution is 0.552. The van der Waals surface area contributed by atoms with E-state index >= 15 is 0 Å². The van der Waals surface area contributed by atoms with Crippen molar-refractivity contribution in [3.8, 4) is 0 Å². The van der Waals surface area contributed by atoms with Gasteiger partial charge in [0.2, 0.25) is 0 Å². The lowest BCUT2D eigenvalue weighted by Crippen LogP contribution is -2.22. The second-order valence-corrected chi connectivity index (χ2v) is 5.70. The van der Waals surface area contributed by atoms with E-state index in [4.69, 9.17) is 0 Å². The molecule has 1 aromatic rings. The Labute approximate surface area is 108 Å². The van der Waals surface area contributed by atoms with Crippen molar-refractivity contribution in [2.75, 3.05) is 13.1 Å². The molecule has 4 heteroatoms. The van der Waals surface area contributed by atoms with E-state index in [1.807, 2.05) is 12.3 Å². The monoisotopic (exact) mass is 334 g/mol. The maximum Gasteiger partial charge on any atom is 0.0558 e. The highest BCUT2D eigenvalue weighted by atomic mass is 79.9. The normalized spacial score (nSPS) is 11.0. The maximum absolute atomic E-state index is 4.36. The van der Waals surface area contributed by atoms with Crippen molar-refractivity contribution in [2.45, 2.75) is 20.3 Å². The van der Waals surface area contributed by atoms with Gasteiger partial charge in [-0.15, -0.1) is 0 Å². The second kappa shape index (κ2) is 6.61. The van der Waals surface area contributed by atoms with E-state index < -0.39 is 0 Å². The van der Waals surface area contributed by atoms with E-state index in [-0.39, 0.29) is 0 Å². The summed E-state index contributed by atoms with van der Waals surface area (Å²) in [6.07, 6.45) is 2.79. The summed E-state index contributed by atoms with van der Waals surface area (Å²) in [6, 6.07) is 2.03. The van der Waals surface area contributed by atoms with Crippen molar-refractivity contribution < 1.29 is 0 Å². The van der Waals surface area contributed by atoms with E-state index in [2.05, 4.69) is 56.0 Å². The second-order valence-electron chi connectivity index (χ2n) is 3.93. The topological polar surface area (TPSA) is 24.9 Å². The van der Waals surface area contributed by atoms with Crippen LogP contribution in [0, 0.1) is 5.92 Å². The van der Waals surface area contributed by atoms with Crippen LogP contribution in [0.2, 0.25) is 0 Å². The molecule has 1 rings (SSSR count). The lowest BCUT2D eigenvalue weighted by atomic mass is 10.2. The molecule has 0 saturated carbocycles. The Bertz CT molecular complexity index is 313. The third-order valence-electron chi connectivity index (χ3n) is 1.98. The molecule has 0 atom stereocenters. The minimum atomic E-state index is 0.700. The molecular formula is C11H16Br2N2. The molecule has 0 amide bonds. The molecule has 0 unspecified atom stereocenters. The fraction of sp³-hybridized carbons (Fsp3) is 0.545. The van der Waals surface area contributed by atoms with Crippen LogP contribution in [0.1, 0.15) is 19.5 Å². The fourth-order valence-corrected chi connectivity index (χ4v) is 2.41. The summed E-state index contributed by atoms with van der Waals surface area (Å²) in [5.41, 5.74) is 1.11. The van der Waals surface area contributed by atoms with Crippen molar-refractivity contribution in [3.05, 3.63) is 26.9 Å². The number of nitrogens with one attached hydrogen (secondary N) is 1. The molecule has 1 aromatic heterocycles. The van der Waals surface area contributed by atoms with Gasteiger partial charge in [0.05, 0.1) is 5.69 Å². The summed E-state index contributed by atoms with van der Waals surface area (Å²) in [5.74, 6) is 0.700. The zero-order chi connectivity index (χ0) is 11.3. The minimum Gasteiger partial charge on any atom is -0.316 e. The summed E-state index contributed by atoms with van der Waals surface area (Å²) in [4.78, 5) is 4.36. The number of halogens is 2. The molecule has 15 heavy (non-hydrogen) atoms. The summed E-state index contributed by atoms with van der Waals surface area (Å²) in [5, 5.41) is 3.40. The molecule has 0 bridgehead atoms. The van der Waals surface area contributed by atoms with Crippen molar-refractivity contribution in [2.24, 2.45) is 5.92 Å². The number of aromatic nitrogens is 1. The first-order valence-corrected chi connectivity index (χ1v) is 6.69. The van der Waals surface area contributed by atoms with Gasteiger partial charge in [0.25, 0.3) is 0 Å². The zero-order valence-electron chi connectivity index (χ0n) is 9.06. The quantitative estimate of drug-likeness (QED) is 0.834. The lowest BCUT2D eigenvalue weighted by Gasteiger charge is -2.07. The zero-order valence-corrected chi connectivity index (χ0v) is 12.2. The smallest absolute Gasteiger partial charge is 0.0558 e. The summed E-state index contributed by atoms with van der Waals surface area (Å²) in [6.45, 7) is 6.46. The molecule has 0 aliphatic rings. The van der Waals surface area contributed by atoms with Gasteiger partial charge in [-0.25, -0.2) is 0 Å². The molecule has 0 fully saturated rings. The molecule has 0 saturated heterocycles. The van der Waals surface area contributed by atoms with Crippen molar-refractivity contribution in [3.63, 3.8) is 0 Å². The van der Waals surface area contributed by atoms with Crippen LogP contribution in [0.15, 0.2) is 21.2 Å². The van der Waals surface area contributed by atoms with E-state index in [0.29, 0.717) is 5.92 Å². The van der Waals surface area contributed by atoms with E-state index in [1.165, 1.54) is 0 Å². The number of hydrogen-bond acceptors (Lipinski definition) is 2. The van der Waals surface area contributed by atoms with Gasteiger partial charge < -0.3 is 5.32 Å². The van der Waals surface area contributed by atoms with Gasteiger partial charge >= 0.3 is 0 Å². The largest absolute Gasteiger partial charge is 0.316 e. The Morgan fingerprint density at radius 1 is 1.40 bits per heavy atom. The predicted octanol–water partition coefficient (Wildman–Crippen LogP) is 3.39. The summed E-state index contributed by atoms with van der Waals surface area (Å²) >= 11 is 6.90. The van der Waals surface area contributed by atoms with Crippen LogP contribution in [0.5, 0.6) is 0 Å². The fourth-order valence-electron chi connectivity index (χ4n) is 1.22. The van der Waals surface area contributed by atoms with Crippen molar-refractivity contribution in [1.29, 1.82) is 0 Å². The standard InChI is InChI=1S/C11H16Br2N2/c1-8(2)6-14-4-3-11-10(13)5-9(12)7-15-11/h5,7-8,14H,3-4,6H2,1-2H3. The van der Waals surface area contributed by atoms with Crippen LogP contribution < -0.4 is 5.32 Å². The SMILES string of the molecule is CC(C)CNCCc1ncc(Br)cc1Br. The van der Waals surface area contributed by atoms with E-state index in [9.17, 15) is 0 Å². The summed E-state index contributed by atoms with van der Waals surface area (Å²) < 4.78 is 2.08. The van der Waals surface area contributed by atoms with E-state index in [0.717, 1.165) is 34.1 Å². The molecule has 0 radical (unpaired) electrons. The molecule has 1 N–H and O–H groups in total. The van der Waals surface area contributed by atoms with Crippen molar-refractivity contribution >= 4 is 31.9 Å². The first-order chi connectivity index (χ1) is 7.09. The Balaban J connectivity index is 2.37. The average molecular weight is 336 g/mol. The average Bonchev–Trinajstić information content (AvgIpc) is 2.14. The molecule has 84 valence electrons. The van der Waals surface area contributed by atoms with Crippen LogP contribution in [0.3, 0.4) is 0 Å². The first-order valence-electron chi connectivity index (χ1n) is 5.10. The van der Waals surface area contributed by atoms with Gasteiger partial charge in [0.15, 0.2) is 0 Å². The minimum absolute atomic E-state index is 0.700. The molecule has 0 aliphatic heterocycles. The third kappa shape index (κ3) is 5.09. The summed E-state index contributed by atoms with van der Waals surface area (Å²) in [7, 11) is 0. The van der Waals surface area contributed by atoms with E-state index in [1.54, 1.807) is 0 Å². The van der Waals surface area contributed by atoms with Crippen LogP contribution in [-0.2, 0) is 6.42 Å². The third-order valence-corrected chi connectivity index (χ3v) is 3.10. The van der Waals surface area contributed by atoms with Gasteiger partial charge in [-0.3, -0.25) is 4.98 Å². The van der Waals surface area contributed by atoms with Gasteiger partial charge in [-0.05, 0) is 50.4 Å².